The minimum Gasteiger partial charge on any atom is -0.298 e. The molecule has 20 heavy (non-hydrogen) atoms. The molecule has 4 nitrogen and oxygen atoms in total. The van der Waals surface area contributed by atoms with E-state index in [1.807, 2.05) is 0 Å². The summed E-state index contributed by atoms with van der Waals surface area (Å²) in [5.41, 5.74) is 3.06. The summed E-state index contributed by atoms with van der Waals surface area (Å²) in [5.74, 6) is 6.05. The van der Waals surface area contributed by atoms with Crippen LogP contribution in [0.1, 0.15) is 35.2 Å². The number of hydrogen-bond acceptors (Lipinski definition) is 3. The molecule has 3 rings (SSSR count). The third-order valence-electron chi connectivity index (χ3n) is 4.63. The highest BCUT2D eigenvalue weighted by molar-refractivity contribution is 5.93. The monoisotopic (exact) mass is 277 g/mol. The summed E-state index contributed by atoms with van der Waals surface area (Å²) in [7, 11) is 0. The SMILES string of the molecule is NNC(=O)c1ccc(F)c(CN2CC3CCCC3C2)c1. The molecule has 0 bridgehead atoms. The van der Waals surface area contributed by atoms with E-state index in [4.69, 9.17) is 5.84 Å². The standard InChI is InChI=1S/C15H20FN3O/c16-14-5-4-10(15(20)18-17)6-13(14)9-19-7-11-2-1-3-12(11)8-19/h4-6,11-12H,1-3,7-9,17H2,(H,18,20). The van der Waals surface area contributed by atoms with E-state index in [9.17, 15) is 9.18 Å². The van der Waals surface area contributed by atoms with Crippen LogP contribution in [0.4, 0.5) is 4.39 Å². The average Bonchev–Trinajstić information content (AvgIpc) is 3.01. The normalized spacial score (nSPS) is 25.7. The molecule has 0 spiro atoms. The summed E-state index contributed by atoms with van der Waals surface area (Å²) < 4.78 is 13.9. The molecule has 0 radical (unpaired) electrons. The van der Waals surface area contributed by atoms with Gasteiger partial charge >= 0.3 is 0 Å². The first-order valence-electron chi connectivity index (χ1n) is 7.19. The number of nitrogens with two attached hydrogens (primary N) is 1. The average molecular weight is 277 g/mol. The maximum atomic E-state index is 13.9. The molecule has 1 heterocycles. The number of hydrogen-bond donors (Lipinski definition) is 2. The van der Waals surface area contributed by atoms with Crippen LogP contribution in [0.3, 0.4) is 0 Å². The molecular formula is C15H20FN3O. The number of hydrazine groups is 1. The topological polar surface area (TPSA) is 58.4 Å². The summed E-state index contributed by atoms with van der Waals surface area (Å²) in [5, 5.41) is 0. The molecule has 2 unspecified atom stereocenters. The van der Waals surface area contributed by atoms with Crippen LogP contribution in [0.5, 0.6) is 0 Å². The molecule has 1 amide bonds. The summed E-state index contributed by atoms with van der Waals surface area (Å²) in [6.07, 6.45) is 3.95. The lowest BCUT2D eigenvalue weighted by molar-refractivity contribution is 0.0953. The van der Waals surface area contributed by atoms with Gasteiger partial charge in [-0.15, -0.1) is 0 Å². The van der Waals surface area contributed by atoms with Crippen molar-refractivity contribution in [3.63, 3.8) is 0 Å². The molecule has 3 N–H and O–H groups in total. The van der Waals surface area contributed by atoms with Crippen molar-refractivity contribution in [3.8, 4) is 0 Å². The van der Waals surface area contributed by atoms with E-state index in [1.165, 1.54) is 31.4 Å². The van der Waals surface area contributed by atoms with E-state index in [2.05, 4.69) is 10.3 Å². The maximum Gasteiger partial charge on any atom is 0.265 e. The fraction of sp³-hybridized carbons (Fsp3) is 0.533. The maximum absolute atomic E-state index is 13.9. The Morgan fingerprint density at radius 3 is 2.70 bits per heavy atom. The van der Waals surface area contributed by atoms with Gasteiger partial charge < -0.3 is 0 Å². The fourth-order valence-electron chi connectivity index (χ4n) is 3.62. The zero-order valence-electron chi connectivity index (χ0n) is 11.4. The first-order chi connectivity index (χ1) is 9.67. The largest absolute Gasteiger partial charge is 0.298 e. The summed E-state index contributed by atoms with van der Waals surface area (Å²) >= 11 is 0. The van der Waals surface area contributed by atoms with E-state index in [0.29, 0.717) is 17.7 Å². The smallest absolute Gasteiger partial charge is 0.265 e. The molecule has 1 aromatic carbocycles. The predicted molar refractivity (Wildman–Crippen MR) is 74.2 cm³/mol. The number of nitrogen functional groups attached to an aromatic ring is 1. The number of carbonyl (C=O) groups excluding carboxylic acids is 1. The third kappa shape index (κ3) is 2.55. The van der Waals surface area contributed by atoms with Crippen molar-refractivity contribution in [2.45, 2.75) is 25.8 Å². The van der Waals surface area contributed by atoms with Gasteiger partial charge in [-0.3, -0.25) is 15.1 Å². The lowest BCUT2D eigenvalue weighted by atomic mass is 10.0. The van der Waals surface area contributed by atoms with E-state index < -0.39 is 0 Å². The van der Waals surface area contributed by atoms with Gasteiger partial charge in [-0.25, -0.2) is 10.2 Å². The van der Waals surface area contributed by atoms with E-state index in [-0.39, 0.29) is 11.7 Å². The van der Waals surface area contributed by atoms with Crippen LogP contribution in [0, 0.1) is 17.7 Å². The molecule has 5 heteroatoms. The van der Waals surface area contributed by atoms with Crippen LogP contribution in [-0.2, 0) is 6.54 Å². The number of amides is 1. The second kappa shape index (κ2) is 5.50. The van der Waals surface area contributed by atoms with Crippen LogP contribution < -0.4 is 11.3 Å². The number of likely N-dealkylation sites (tertiary alicyclic amines) is 1. The summed E-state index contributed by atoms with van der Waals surface area (Å²) in [6.45, 7) is 2.68. The molecule has 1 aromatic rings. The Labute approximate surface area is 118 Å². The number of nitrogens with zero attached hydrogens (tertiary/aromatic N) is 1. The van der Waals surface area contributed by atoms with Gasteiger partial charge in [0.15, 0.2) is 0 Å². The van der Waals surface area contributed by atoms with Gasteiger partial charge in [-0.2, -0.15) is 0 Å². The Morgan fingerprint density at radius 1 is 1.35 bits per heavy atom. The van der Waals surface area contributed by atoms with Crippen LogP contribution in [-0.4, -0.2) is 23.9 Å². The van der Waals surface area contributed by atoms with Gasteiger partial charge in [0.05, 0.1) is 0 Å². The Bertz CT molecular complexity index is 508. The fourth-order valence-corrected chi connectivity index (χ4v) is 3.62. The molecule has 2 atom stereocenters. The molecule has 2 fully saturated rings. The van der Waals surface area contributed by atoms with Crippen molar-refractivity contribution in [2.24, 2.45) is 17.7 Å². The molecule has 1 saturated heterocycles. The van der Waals surface area contributed by atoms with Crippen LogP contribution in [0.15, 0.2) is 18.2 Å². The van der Waals surface area contributed by atoms with Gasteiger partial charge in [0.1, 0.15) is 5.82 Å². The minimum absolute atomic E-state index is 0.254. The van der Waals surface area contributed by atoms with Crippen molar-refractivity contribution in [3.05, 3.63) is 35.1 Å². The zero-order chi connectivity index (χ0) is 14.1. The number of fused-ring (bicyclic) bond motifs is 1. The first-order valence-corrected chi connectivity index (χ1v) is 7.19. The Kier molecular flexibility index (Phi) is 3.72. The van der Waals surface area contributed by atoms with Gasteiger partial charge in [0.2, 0.25) is 0 Å². The quantitative estimate of drug-likeness (QED) is 0.502. The van der Waals surface area contributed by atoms with Crippen LogP contribution >= 0.6 is 0 Å². The lowest BCUT2D eigenvalue weighted by Crippen LogP contribution is -2.30. The molecule has 1 aliphatic heterocycles. The Morgan fingerprint density at radius 2 is 2.05 bits per heavy atom. The van der Waals surface area contributed by atoms with E-state index >= 15 is 0 Å². The van der Waals surface area contributed by atoms with Crippen molar-refractivity contribution in [1.29, 1.82) is 0 Å². The first kappa shape index (κ1) is 13.5. The van der Waals surface area contributed by atoms with Crippen molar-refractivity contribution < 1.29 is 9.18 Å². The molecule has 1 aliphatic carbocycles. The molecule has 1 saturated carbocycles. The summed E-state index contributed by atoms with van der Waals surface area (Å²) in [6, 6.07) is 4.40. The molecular weight excluding hydrogens is 257 g/mol. The zero-order valence-corrected chi connectivity index (χ0v) is 11.4. The van der Waals surface area contributed by atoms with Crippen molar-refractivity contribution in [1.82, 2.24) is 10.3 Å². The van der Waals surface area contributed by atoms with E-state index in [0.717, 1.165) is 24.9 Å². The van der Waals surface area contributed by atoms with Gasteiger partial charge in [-0.05, 0) is 42.9 Å². The lowest BCUT2D eigenvalue weighted by Gasteiger charge is -2.17. The van der Waals surface area contributed by atoms with Crippen LogP contribution in [0.2, 0.25) is 0 Å². The molecule has 108 valence electrons. The highest BCUT2D eigenvalue weighted by atomic mass is 19.1. The van der Waals surface area contributed by atoms with E-state index in [1.54, 1.807) is 6.07 Å². The van der Waals surface area contributed by atoms with Crippen molar-refractivity contribution in [2.75, 3.05) is 13.1 Å². The Balaban J connectivity index is 1.72. The van der Waals surface area contributed by atoms with Crippen molar-refractivity contribution >= 4 is 5.91 Å². The minimum atomic E-state index is -0.385. The second-order valence-corrected chi connectivity index (χ2v) is 5.92. The number of carbonyl (C=O) groups is 1. The number of benzene rings is 1. The highest BCUT2D eigenvalue weighted by Gasteiger charge is 2.35. The third-order valence-corrected chi connectivity index (χ3v) is 4.63. The highest BCUT2D eigenvalue weighted by Crippen LogP contribution is 2.38. The number of halogens is 1. The number of rotatable bonds is 3. The molecule has 2 aliphatic rings. The number of nitrogens with one attached hydrogen (secondary N) is 1. The van der Waals surface area contributed by atoms with Gasteiger partial charge in [-0.1, -0.05) is 6.42 Å². The predicted octanol–water partition coefficient (Wildman–Crippen LogP) is 1.66. The van der Waals surface area contributed by atoms with Crippen LogP contribution in [0.25, 0.3) is 0 Å². The van der Waals surface area contributed by atoms with Gasteiger partial charge in [0.25, 0.3) is 5.91 Å². The van der Waals surface area contributed by atoms with Gasteiger partial charge in [0, 0.05) is 30.8 Å². The Hall–Kier alpha value is -1.46. The molecule has 0 aromatic heterocycles. The second-order valence-electron chi connectivity index (χ2n) is 5.92. The summed E-state index contributed by atoms with van der Waals surface area (Å²) in [4.78, 5) is 13.8.